The number of ether oxygens (including phenoxy) is 1. The second-order valence-electron chi connectivity index (χ2n) is 7.58. The maximum absolute atomic E-state index is 13.4. The number of nitrogens with zero attached hydrogens (tertiary/aromatic N) is 4. The van der Waals surface area contributed by atoms with Crippen LogP contribution in [0.5, 0.6) is 5.75 Å². The van der Waals surface area contributed by atoms with E-state index in [2.05, 4.69) is 0 Å². The van der Waals surface area contributed by atoms with Crippen LogP contribution < -0.4 is 4.74 Å². The predicted octanol–water partition coefficient (Wildman–Crippen LogP) is 6.03. The second-order valence-corrected chi connectivity index (χ2v) is 7.58. The number of hydrogen-bond acceptors (Lipinski definition) is 3. The summed E-state index contributed by atoms with van der Waals surface area (Å²) in [5.41, 5.74) is 5.97. The molecule has 5 aromatic rings. The Bertz CT molecular complexity index is 1370. The van der Waals surface area contributed by atoms with Crippen LogP contribution in [0.25, 0.3) is 33.8 Å². The quantitative estimate of drug-likeness (QED) is 0.333. The molecule has 0 unspecified atom stereocenters. The fourth-order valence-electron chi connectivity index (χ4n) is 3.97. The van der Waals surface area contributed by atoms with Gasteiger partial charge in [0.2, 0.25) is 0 Å². The zero-order valence-corrected chi connectivity index (χ0v) is 18.0. The Labute approximate surface area is 185 Å². The molecule has 0 saturated carbocycles. The third-order valence-electron chi connectivity index (χ3n) is 5.45. The number of fused-ring (bicyclic) bond motifs is 1. The van der Waals surface area contributed by atoms with E-state index in [1.54, 1.807) is 6.07 Å². The van der Waals surface area contributed by atoms with Gasteiger partial charge in [0, 0.05) is 29.6 Å². The molecule has 5 rings (SSSR count). The summed E-state index contributed by atoms with van der Waals surface area (Å²) in [6, 6.07) is 21.4. The van der Waals surface area contributed by atoms with E-state index in [1.807, 2.05) is 96.0 Å². The summed E-state index contributed by atoms with van der Waals surface area (Å²) in [6.45, 7) is 4.06. The molecule has 0 saturated heterocycles. The number of hydrogen-bond donors (Lipinski definition) is 0. The average molecular weight is 426 g/mol. The van der Waals surface area contributed by atoms with E-state index in [0.717, 1.165) is 45.3 Å². The van der Waals surface area contributed by atoms with Crippen molar-refractivity contribution in [2.24, 2.45) is 0 Å². The first kappa shape index (κ1) is 20.0. The summed E-state index contributed by atoms with van der Waals surface area (Å²) in [6.07, 6.45) is 3.92. The highest BCUT2D eigenvalue weighted by molar-refractivity contribution is 5.82. The maximum atomic E-state index is 13.4. The zero-order chi connectivity index (χ0) is 22.1. The molecule has 0 aliphatic carbocycles. The van der Waals surface area contributed by atoms with Crippen molar-refractivity contribution in [3.63, 3.8) is 0 Å². The van der Waals surface area contributed by atoms with Crippen LogP contribution in [0.4, 0.5) is 4.39 Å². The van der Waals surface area contributed by atoms with Gasteiger partial charge in [-0.1, -0.05) is 30.3 Å². The number of aromatic nitrogens is 4. The highest BCUT2D eigenvalue weighted by Crippen LogP contribution is 2.33. The lowest BCUT2D eigenvalue weighted by Crippen LogP contribution is -2.02. The van der Waals surface area contributed by atoms with E-state index in [-0.39, 0.29) is 0 Å². The largest absolute Gasteiger partial charge is 0.494 e. The smallest absolute Gasteiger partial charge is 0.166 e. The Morgan fingerprint density at radius 1 is 0.938 bits per heavy atom. The summed E-state index contributed by atoms with van der Waals surface area (Å²) in [7, 11) is 0. The van der Waals surface area contributed by atoms with Crippen molar-refractivity contribution in [1.82, 2.24) is 19.2 Å². The van der Waals surface area contributed by atoms with Crippen molar-refractivity contribution in [3.05, 3.63) is 90.4 Å². The molecule has 32 heavy (non-hydrogen) atoms. The third-order valence-corrected chi connectivity index (χ3v) is 5.45. The Balaban J connectivity index is 1.76. The summed E-state index contributed by atoms with van der Waals surface area (Å²) in [5.74, 6) is 1.60. The van der Waals surface area contributed by atoms with E-state index in [1.165, 1.54) is 0 Å². The number of aryl methyl sites for hydroxylation is 1. The van der Waals surface area contributed by atoms with Gasteiger partial charge in [-0.3, -0.25) is 0 Å². The van der Waals surface area contributed by atoms with Gasteiger partial charge in [0.15, 0.2) is 5.65 Å². The summed E-state index contributed by atoms with van der Waals surface area (Å²) >= 11 is 0. The molecule has 0 amide bonds. The van der Waals surface area contributed by atoms with E-state index >= 15 is 0 Å². The molecule has 3 heterocycles. The molecule has 0 bridgehead atoms. The molecule has 0 spiro atoms. The van der Waals surface area contributed by atoms with Crippen LogP contribution in [0.3, 0.4) is 0 Å². The Hall–Kier alpha value is -3.93. The van der Waals surface area contributed by atoms with E-state index in [9.17, 15) is 4.39 Å². The molecule has 0 N–H and O–H groups in total. The molecule has 6 heteroatoms. The SMILES string of the molecule is CCOc1ccc(-c2c(C)nn3c(-c4cccc(CF)c4)cc(-n4cccc4)nc23)cc1. The molecule has 0 radical (unpaired) electrons. The molecule has 0 fully saturated rings. The number of benzene rings is 2. The molecule has 2 aromatic carbocycles. The van der Waals surface area contributed by atoms with Gasteiger partial charge in [-0.2, -0.15) is 5.10 Å². The van der Waals surface area contributed by atoms with Crippen LogP contribution in [-0.2, 0) is 6.67 Å². The topological polar surface area (TPSA) is 44.4 Å². The molecule has 0 aliphatic heterocycles. The Kier molecular flexibility index (Phi) is 5.19. The van der Waals surface area contributed by atoms with Crippen molar-refractivity contribution in [2.45, 2.75) is 20.5 Å². The van der Waals surface area contributed by atoms with Crippen molar-refractivity contribution >= 4 is 5.65 Å². The minimum absolute atomic E-state index is 0.512. The van der Waals surface area contributed by atoms with Crippen molar-refractivity contribution < 1.29 is 9.13 Å². The maximum Gasteiger partial charge on any atom is 0.166 e. The van der Waals surface area contributed by atoms with Gasteiger partial charge in [0.1, 0.15) is 18.2 Å². The highest BCUT2D eigenvalue weighted by atomic mass is 19.1. The third kappa shape index (κ3) is 3.54. The first-order valence-electron chi connectivity index (χ1n) is 10.6. The minimum atomic E-state index is -0.512. The van der Waals surface area contributed by atoms with E-state index < -0.39 is 6.67 Å². The number of rotatable bonds is 6. The van der Waals surface area contributed by atoms with Crippen molar-refractivity contribution in [3.8, 4) is 34.0 Å². The molecule has 0 aliphatic rings. The van der Waals surface area contributed by atoms with Gasteiger partial charge < -0.3 is 9.30 Å². The van der Waals surface area contributed by atoms with E-state index in [4.69, 9.17) is 14.8 Å². The average Bonchev–Trinajstić information content (AvgIpc) is 3.47. The van der Waals surface area contributed by atoms with Crippen molar-refractivity contribution in [2.75, 3.05) is 6.61 Å². The molecule has 3 aromatic heterocycles. The second kappa shape index (κ2) is 8.30. The van der Waals surface area contributed by atoms with Gasteiger partial charge in [0.25, 0.3) is 0 Å². The predicted molar refractivity (Wildman–Crippen MR) is 124 cm³/mol. The Morgan fingerprint density at radius 3 is 2.44 bits per heavy atom. The highest BCUT2D eigenvalue weighted by Gasteiger charge is 2.18. The normalized spacial score (nSPS) is 11.2. The van der Waals surface area contributed by atoms with Crippen LogP contribution in [0.2, 0.25) is 0 Å². The lowest BCUT2D eigenvalue weighted by atomic mass is 10.1. The zero-order valence-electron chi connectivity index (χ0n) is 18.0. The summed E-state index contributed by atoms with van der Waals surface area (Å²) in [5, 5.41) is 4.82. The standard InChI is InChI=1S/C26H23FN4O/c1-3-32-22-11-9-20(10-12-22)25-18(2)29-31-23(21-8-6-7-19(15-21)17-27)16-24(28-26(25)31)30-13-4-5-14-30/h4-16H,3,17H2,1-2H3. The molecular weight excluding hydrogens is 403 g/mol. The lowest BCUT2D eigenvalue weighted by Gasteiger charge is -2.11. The summed E-state index contributed by atoms with van der Waals surface area (Å²) < 4.78 is 22.8. The van der Waals surface area contributed by atoms with Gasteiger partial charge in [-0.25, -0.2) is 13.9 Å². The van der Waals surface area contributed by atoms with Crippen LogP contribution in [0, 0.1) is 6.92 Å². The monoisotopic (exact) mass is 426 g/mol. The fraction of sp³-hybridized carbons (Fsp3) is 0.154. The Morgan fingerprint density at radius 2 is 1.72 bits per heavy atom. The van der Waals surface area contributed by atoms with Crippen LogP contribution in [0.15, 0.2) is 79.1 Å². The first-order valence-corrected chi connectivity index (χ1v) is 10.6. The lowest BCUT2D eigenvalue weighted by molar-refractivity contribution is 0.340. The van der Waals surface area contributed by atoms with Crippen LogP contribution in [-0.4, -0.2) is 25.8 Å². The molecule has 0 atom stereocenters. The number of alkyl halides is 1. The van der Waals surface area contributed by atoms with E-state index in [0.29, 0.717) is 12.2 Å². The van der Waals surface area contributed by atoms with Gasteiger partial charge in [0.05, 0.1) is 18.0 Å². The van der Waals surface area contributed by atoms with Crippen molar-refractivity contribution in [1.29, 1.82) is 0 Å². The first-order chi connectivity index (χ1) is 15.7. The molecular formula is C26H23FN4O. The van der Waals surface area contributed by atoms with Gasteiger partial charge >= 0.3 is 0 Å². The van der Waals surface area contributed by atoms with Crippen LogP contribution in [0.1, 0.15) is 18.2 Å². The van der Waals surface area contributed by atoms with Gasteiger partial charge in [-0.15, -0.1) is 0 Å². The summed E-state index contributed by atoms with van der Waals surface area (Å²) in [4.78, 5) is 4.96. The molecule has 5 nitrogen and oxygen atoms in total. The minimum Gasteiger partial charge on any atom is -0.494 e. The van der Waals surface area contributed by atoms with Gasteiger partial charge in [-0.05, 0) is 55.3 Å². The molecule has 160 valence electrons. The number of halogens is 1. The fourth-order valence-corrected chi connectivity index (χ4v) is 3.97. The van der Waals surface area contributed by atoms with Crippen LogP contribution >= 0.6 is 0 Å².